The second kappa shape index (κ2) is 5.45. The number of hydrogen-bond donors (Lipinski definition) is 0. The quantitative estimate of drug-likeness (QED) is 0.566. The van der Waals surface area contributed by atoms with Crippen molar-refractivity contribution in [1.82, 2.24) is 0 Å². The molecule has 16 heavy (non-hydrogen) atoms. The van der Waals surface area contributed by atoms with Gasteiger partial charge in [-0.1, -0.05) is 0 Å². The van der Waals surface area contributed by atoms with Crippen LogP contribution in [0.3, 0.4) is 0 Å². The Kier molecular flexibility index (Phi) is 4.24. The summed E-state index contributed by atoms with van der Waals surface area (Å²) >= 11 is 0. The van der Waals surface area contributed by atoms with Crippen LogP contribution in [-0.4, -0.2) is 6.61 Å². The Morgan fingerprint density at radius 1 is 1.19 bits per heavy atom. The first kappa shape index (κ1) is 12.4. The molecule has 1 aromatic rings. The lowest BCUT2D eigenvalue weighted by molar-refractivity contribution is -0.137. The van der Waals surface area contributed by atoms with Gasteiger partial charge in [0.25, 0.3) is 0 Å². The van der Waals surface area contributed by atoms with Gasteiger partial charge in [-0.05, 0) is 30.7 Å². The summed E-state index contributed by atoms with van der Waals surface area (Å²) in [7, 11) is 0. The topological polar surface area (TPSA) is 9.23 Å². The van der Waals surface area contributed by atoms with Gasteiger partial charge in [-0.25, -0.2) is 0 Å². The molecule has 0 N–H and O–H groups in total. The first-order valence-corrected chi connectivity index (χ1v) is 4.77. The molecule has 0 saturated heterocycles. The molecule has 0 spiro atoms. The van der Waals surface area contributed by atoms with Gasteiger partial charge in [0.2, 0.25) is 0 Å². The van der Waals surface area contributed by atoms with Crippen LogP contribution in [0.5, 0.6) is 5.75 Å². The summed E-state index contributed by atoms with van der Waals surface area (Å²) < 4.78 is 41.8. The maximum Gasteiger partial charge on any atom is 0.416 e. The number of alkyl halides is 3. The third-order valence-corrected chi connectivity index (χ3v) is 1.92. The maximum absolute atomic E-state index is 12.2. The number of ether oxygens (including phenoxy) is 1. The molecule has 0 radical (unpaired) electrons. The predicted octanol–water partition coefficient (Wildman–Crippen LogP) is 3.50. The minimum atomic E-state index is -4.30. The highest BCUT2D eigenvalue weighted by Crippen LogP contribution is 2.30. The summed E-state index contributed by atoms with van der Waals surface area (Å²) in [6, 6.07) is 4.60. The van der Waals surface area contributed by atoms with Crippen molar-refractivity contribution in [2.24, 2.45) is 0 Å². The molecule has 0 atom stereocenters. The summed E-state index contributed by atoms with van der Waals surface area (Å²) in [5.41, 5.74) is -0.677. The van der Waals surface area contributed by atoms with E-state index in [0.29, 0.717) is 25.2 Å². The van der Waals surface area contributed by atoms with Crippen molar-refractivity contribution in [3.8, 4) is 18.1 Å². The van der Waals surface area contributed by atoms with Crippen LogP contribution < -0.4 is 4.74 Å². The molecule has 0 saturated carbocycles. The highest BCUT2D eigenvalue weighted by molar-refractivity contribution is 5.28. The number of hydrogen-bond acceptors (Lipinski definition) is 1. The number of rotatable bonds is 4. The van der Waals surface area contributed by atoms with Crippen molar-refractivity contribution >= 4 is 0 Å². The molecule has 86 valence electrons. The molecule has 1 rings (SSSR count). The zero-order chi connectivity index (χ0) is 12.0. The molecule has 1 nitrogen and oxygen atoms in total. The van der Waals surface area contributed by atoms with E-state index in [1.54, 1.807) is 0 Å². The van der Waals surface area contributed by atoms with E-state index < -0.39 is 11.7 Å². The highest BCUT2D eigenvalue weighted by Gasteiger charge is 2.29. The van der Waals surface area contributed by atoms with Crippen LogP contribution in [0.25, 0.3) is 0 Å². The Balaban J connectivity index is 2.49. The van der Waals surface area contributed by atoms with Crippen molar-refractivity contribution in [3.63, 3.8) is 0 Å². The normalized spacial score (nSPS) is 10.9. The van der Waals surface area contributed by atoms with Gasteiger partial charge in [-0.2, -0.15) is 13.2 Å². The maximum atomic E-state index is 12.2. The van der Waals surface area contributed by atoms with Crippen LogP contribution in [0.1, 0.15) is 18.4 Å². The van der Waals surface area contributed by atoms with Crippen LogP contribution in [0.2, 0.25) is 0 Å². The van der Waals surface area contributed by atoms with Crippen LogP contribution in [0.15, 0.2) is 24.3 Å². The van der Waals surface area contributed by atoms with Crippen molar-refractivity contribution in [3.05, 3.63) is 29.8 Å². The van der Waals surface area contributed by atoms with Gasteiger partial charge < -0.3 is 4.74 Å². The number of benzene rings is 1. The van der Waals surface area contributed by atoms with Crippen molar-refractivity contribution in [2.45, 2.75) is 19.0 Å². The first-order chi connectivity index (χ1) is 7.54. The fraction of sp³-hybridized carbons (Fsp3) is 0.333. The standard InChI is InChI=1S/C12H11F3O/c1-2-3-4-9-16-11-7-5-10(6-8-11)12(13,14)15/h1,5-8H,3-4,9H2. The molecule has 4 heteroatoms. The summed E-state index contributed by atoms with van der Waals surface area (Å²) in [6.07, 6.45) is 2.03. The summed E-state index contributed by atoms with van der Waals surface area (Å²) in [5.74, 6) is 2.88. The number of halogens is 3. The SMILES string of the molecule is C#CCCCOc1ccc(C(F)(F)F)cc1. The monoisotopic (exact) mass is 228 g/mol. The van der Waals surface area contributed by atoms with Crippen LogP contribution in [0, 0.1) is 12.3 Å². The molecule has 0 unspecified atom stereocenters. The highest BCUT2D eigenvalue weighted by atomic mass is 19.4. The van der Waals surface area contributed by atoms with E-state index in [1.807, 2.05) is 0 Å². The van der Waals surface area contributed by atoms with Gasteiger partial charge >= 0.3 is 6.18 Å². The van der Waals surface area contributed by atoms with E-state index in [1.165, 1.54) is 12.1 Å². The lowest BCUT2D eigenvalue weighted by Gasteiger charge is -2.08. The van der Waals surface area contributed by atoms with Gasteiger partial charge in [-0.3, -0.25) is 0 Å². The summed E-state index contributed by atoms with van der Waals surface area (Å²) in [4.78, 5) is 0. The average molecular weight is 228 g/mol. The van der Waals surface area contributed by atoms with E-state index in [-0.39, 0.29) is 0 Å². The zero-order valence-corrected chi connectivity index (χ0v) is 8.55. The number of terminal acetylenes is 1. The smallest absolute Gasteiger partial charge is 0.416 e. The molecule has 0 aromatic heterocycles. The van der Waals surface area contributed by atoms with Crippen molar-refractivity contribution < 1.29 is 17.9 Å². The summed E-state index contributed by atoms with van der Waals surface area (Å²) in [6.45, 7) is 0.412. The third-order valence-electron chi connectivity index (χ3n) is 1.92. The van der Waals surface area contributed by atoms with Gasteiger partial charge in [0.15, 0.2) is 0 Å². The Hall–Kier alpha value is -1.63. The lowest BCUT2D eigenvalue weighted by atomic mass is 10.2. The number of unbranched alkanes of at least 4 members (excludes halogenated alkanes) is 1. The summed E-state index contributed by atoms with van der Waals surface area (Å²) in [5, 5.41) is 0. The van der Waals surface area contributed by atoms with Crippen LogP contribution >= 0.6 is 0 Å². The second-order valence-electron chi connectivity index (χ2n) is 3.18. The van der Waals surface area contributed by atoms with Gasteiger partial charge in [0.1, 0.15) is 5.75 Å². The predicted molar refractivity (Wildman–Crippen MR) is 55.0 cm³/mol. The van der Waals surface area contributed by atoms with Gasteiger partial charge in [0.05, 0.1) is 12.2 Å². The van der Waals surface area contributed by atoms with E-state index in [2.05, 4.69) is 5.92 Å². The molecular weight excluding hydrogens is 217 g/mol. The van der Waals surface area contributed by atoms with Crippen LogP contribution in [0.4, 0.5) is 13.2 Å². The molecule has 1 aromatic carbocycles. The molecular formula is C12H11F3O. The van der Waals surface area contributed by atoms with Crippen molar-refractivity contribution in [2.75, 3.05) is 6.61 Å². The minimum absolute atomic E-state index is 0.412. The molecule has 0 fully saturated rings. The van der Waals surface area contributed by atoms with E-state index >= 15 is 0 Å². The van der Waals surface area contributed by atoms with Crippen LogP contribution in [-0.2, 0) is 6.18 Å². The van der Waals surface area contributed by atoms with Gasteiger partial charge in [0, 0.05) is 6.42 Å². The molecule has 0 heterocycles. The minimum Gasteiger partial charge on any atom is -0.494 e. The van der Waals surface area contributed by atoms with E-state index in [4.69, 9.17) is 11.2 Å². The largest absolute Gasteiger partial charge is 0.494 e. The lowest BCUT2D eigenvalue weighted by Crippen LogP contribution is -2.04. The zero-order valence-electron chi connectivity index (χ0n) is 8.55. The average Bonchev–Trinajstić information content (AvgIpc) is 2.24. The Bertz CT molecular complexity index is 359. The molecule has 0 aliphatic carbocycles. The third kappa shape index (κ3) is 3.85. The molecule has 0 amide bonds. The fourth-order valence-electron chi connectivity index (χ4n) is 1.10. The van der Waals surface area contributed by atoms with Crippen molar-refractivity contribution in [1.29, 1.82) is 0 Å². The van der Waals surface area contributed by atoms with Gasteiger partial charge in [-0.15, -0.1) is 12.3 Å². The van der Waals surface area contributed by atoms with E-state index in [0.717, 1.165) is 12.1 Å². The Morgan fingerprint density at radius 3 is 2.31 bits per heavy atom. The molecule has 0 bridgehead atoms. The fourth-order valence-corrected chi connectivity index (χ4v) is 1.10. The second-order valence-corrected chi connectivity index (χ2v) is 3.18. The molecule has 0 aliphatic heterocycles. The Labute approximate surface area is 92.2 Å². The Morgan fingerprint density at radius 2 is 1.81 bits per heavy atom. The molecule has 0 aliphatic rings. The first-order valence-electron chi connectivity index (χ1n) is 4.77. The van der Waals surface area contributed by atoms with E-state index in [9.17, 15) is 13.2 Å².